The van der Waals surface area contributed by atoms with E-state index in [-0.39, 0.29) is 30.7 Å². The summed E-state index contributed by atoms with van der Waals surface area (Å²) in [5.74, 6) is -0.990. The Morgan fingerprint density at radius 1 is 1.18 bits per heavy atom. The first-order chi connectivity index (χ1) is 15.9. The van der Waals surface area contributed by atoms with Gasteiger partial charge in [-0.3, -0.25) is 23.8 Å². The van der Waals surface area contributed by atoms with Crippen LogP contribution in [0, 0.1) is 5.92 Å². The highest BCUT2D eigenvalue weighted by Gasteiger charge is 2.34. The quantitative estimate of drug-likeness (QED) is 0.109. The number of nitrogens with one attached hydrogen (secondary N) is 3. The zero-order chi connectivity index (χ0) is 25.7. The molecule has 1 aliphatic rings. The minimum atomic E-state index is -4.68. The lowest BCUT2D eigenvalue weighted by Gasteiger charge is -2.31. The summed E-state index contributed by atoms with van der Waals surface area (Å²) in [5, 5.41) is 7.36. The van der Waals surface area contributed by atoms with Crippen molar-refractivity contribution < 1.29 is 42.6 Å². The second-order valence-corrected chi connectivity index (χ2v) is 12.5. The van der Waals surface area contributed by atoms with Crippen LogP contribution in [0.1, 0.15) is 33.1 Å². The summed E-state index contributed by atoms with van der Waals surface area (Å²) in [6, 6.07) is 0. The molecule has 16 heteroatoms. The summed E-state index contributed by atoms with van der Waals surface area (Å²) < 4.78 is 34.6. The Balaban J connectivity index is 2.49. The van der Waals surface area contributed by atoms with Crippen LogP contribution in [0.4, 0.5) is 0 Å². The Morgan fingerprint density at radius 3 is 2.29 bits per heavy atom. The maximum absolute atomic E-state index is 12.0. The third-order valence-corrected chi connectivity index (χ3v) is 8.84. The van der Waals surface area contributed by atoms with Gasteiger partial charge in [-0.2, -0.15) is 0 Å². The monoisotopic (exact) mass is 526 g/mol. The van der Waals surface area contributed by atoms with Crippen LogP contribution in [-0.4, -0.2) is 97.6 Å². The number of hydrogen-bond acceptors (Lipinski definition) is 8. The van der Waals surface area contributed by atoms with Crippen molar-refractivity contribution in [2.24, 2.45) is 5.92 Å². The van der Waals surface area contributed by atoms with Gasteiger partial charge in [0.1, 0.15) is 7.80 Å². The predicted molar refractivity (Wildman–Crippen MR) is 128 cm³/mol. The highest BCUT2D eigenvalue weighted by Crippen LogP contribution is 2.50. The Bertz CT molecular complexity index is 730. The highest BCUT2D eigenvalue weighted by molar-refractivity contribution is 7.67. The molecule has 3 atom stereocenters. The first kappa shape index (κ1) is 30.8. The molecule has 1 rings (SSSR count). The standard InChI is InChI=1S/C18H37BN4O9P2/c1-14(2)11-15(21-17(26)12-20-13-24)19-31-9-7-23(8-10-32-19)6-4-5-16(25)22-18(33(3)27)34(28,29)30/h13-15,18,33H,4-12H2,1-3H3,(H,20,24)(H,21,26)(H,22,25)(H2,28,29,30)/t15-,18?/m1/s1. The number of carbonyl (C=O) groups excluding carboxylic acids is 3. The lowest BCUT2D eigenvalue weighted by Crippen LogP contribution is -2.53. The molecule has 0 radical (unpaired) electrons. The zero-order valence-electron chi connectivity index (χ0n) is 19.9. The van der Waals surface area contributed by atoms with E-state index in [9.17, 15) is 33.3 Å². The molecule has 0 aromatic heterocycles. The smallest absolute Gasteiger partial charge is 0.408 e. The molecule has 5 N–H and O–H groups in total. The van der Waals surface area contributed by atoms with Crippen LogP contribution < -0.4 is 16.0 Å². The van der Waals surface area contributed by atoms with Gasteiger partial charge in [-0.15, -0.1) is 0 Å². The van der Waals surface area contributed by atoms with Crippen molar-refractivity contribution in [3.8, 4) is 0 Å². The van der Waals surface area contributed by atoms with Gasteiger partial charge in [0.2, 0.25) is 18.2 Å². The van der Waals surface area contributed by atoms with Crippen LogP contribution in [-0.2, 0) is 32.8 Å². The topological polar surface area (TPSA) is 184 Å². The fourth-order valence-electron chi connectivity index (χ4n) is 3.46. The van der Waals surface area contributed by atoms with Gasteiger partial charge in [0.25, 0.3) is 0 Å². The molecule has 196 valence electrons. The lowest BCUT2D eigenvalue weighted by molar-refractivity contribution is -0.122. The molecule has 1 aliphatic heterocycles. The molecule has 0 aromatic rings. The maximum atomic E-state index is 12.0. The fourth-order valence-corrected chi connectivity index (χ4v) is 6.03. The molecule has 1 fully saturated rings. The number of rotatable bonds is 14. The van der Waals surface area contributed by atoms with E-state index in [0.717, 1.165) is 0 Å². The van der Waals surface area contributed by atoms with Crippen molar-refractivity contribution in [3.05, 3.63) is 0 Å². The number of nitrogens with zero attached hydrogens (tertiary/aromatic N) is 1. The first-order valence-electron chi connectivity index (χ1n) is 11.2. The third kappa shape index (κ3) is 12.4. The summed E-state index contributed by atoms with van der Waals surface area (Å²) in [7, 11) is -7.95. The Morgan fingerprint density at radius 2 is 1.79 bits per heavy atom. The molecule has 3 amide bonds. The molecular formula is C18H37BN4O9P2. The average molecular weight is 526 g/mol. The Kier molecular flexibility index (Phi) is 14.2. The summed E-state index contributed by atoms with van der Waals surface area (Å²) in [6.45, 7) is 7.47. The molecule has 34 heavy (non-hydrogen) atoms. The molecule has 0 saturated carbocycles. The molecular weight excluding hydrogens is 489 g/mol. The van der Waals surface area contributed by atoms with E-state index < -0.39 is 33.9 Å². The normalized spacial score (nSPS) is 18.4. The van der Waals surface area contributed by atoms with E-state index in [1.54, 1.807) is 0 Å². The summed E-state index contributed by atoms with van der Waals surface area (Å²) in [6.07, 6.45) is 1.56. The van der Waals surface area contributed by atoms with E-state index in [4.69, 9.17) is 9.31 Å². The summed E-state index contributed by atoms with van der Waals surface area (Å²) in [4.78, 5) is 54.9. The van der Waals surface area contributed by atoms with Crippen LogP contribution >= 0.6 is 15.4 Å². The van der Waals surface area contributed by atoms with Gasteiger partial charge in [-0.25, -0.2) is 0 Å². The van der Waals surface area contributed by atoms with Crippen molar-refractivity contribution in [1.29, 1.82) is 0 Å². The van der Waals surface area contributed by atoms with Crippen molar-refractivity contribution >= 4 is 40.7 Å². The number of hydrogen-bond donors (Lipinski definition) is 5. The Labute approximate surface area is 201 Å². The zero-order valence-corrected chi connectivity index (χ0v) is 21.8. The summed E-state index contributed by atoms with van der Waals surface area (Å²) in [5.41, 5.74) is -1.64. The SMILES string of the molecule is CC(C)C[C@@H](NC(=O)CNC=O)B1OCCN(CCCC(=O)NC([PH](C)=O)P(=O)(O)O)CCO1. The van der Waals surface area contributed by atoms with Crippen molar-refractivity contribution in [1.82, 2.24) is 20.9 Å². The molecule has 1 saturated heterocycles. The van der Waals surface area contributed by atoms with Gasteiger partial charge in [0.05, 0.1) is 12.5 Å². The predicted octanol–water partition coefficient (Wildman–Crippen LogP) is -0.813. The van der Waals surface area contributed by atoms with Crippen molar-refractivity contribution in [2.45, 2.75) is 44.6 Å². The highest BCUT2D eigenvalue weighted by atomic mass is 31.2. The van der Waals surface area contributed by atoms with Gasteiger partial charge < -0.3 is 39.6 Å². The number of amides is 3. The van der Waals surface area contributed by atoms with Gasteiger partial charge in [0.15, 0.2) is 5.52 Å². The van der Waals surface area contributed by atoms with E-state index in [0.29, 0.717) is 52.1 Å². The van der Waals surface area contributed by atoms with E-state index in [1.807, 2.05) is 18.7 Å². The third-order valence-electron chi connectivity index (χ3n) is 5.02. The van der Waals surface area contributed by atoms with Crippen LogP contribution in [0.5, 0.6) is 0 Å². The minimum absolute atomic E-state index is 0.0316. The second kappa shape index (κ2) is 15.7. The first-order valence-corrected chi connectivity index (χ1v) is 14.9. The van der Waals surface area contributed by atoms with Gasteiger partial charge >= 0.3 is 14.7 Å². The maximum Gasteiger partial charge on any atom is 0.480 e. The van der Waals surface area contributed by atoms with Gasteiger partial charge in [-0.05, 0) is 32.0 Å². The van der Waals surface area contributed by atoms with Crippen molar-refractivity contribution in [3.63, 3.8) is 0 Å². The molecule has 13 nitrogen and oxygen atoms in total. The Hall–Kier alpha value is -1.27. The second-order valence-electron chi connectivity index (χ2n) is 8.53. The number of carbonyl (C=O) groups is 3. The van der Waals surface area contributed by atoms with Gasteiger partial charge in [0, 0.05) is 32.7 Å². The molecule has 1 heterocycles. The van der Waals surface area contributed by atoms with E-state index in [1.165, 1.54) is 6.66 Å². The van der Waals surface area contributed by atoms with E-state index in [2.05, 4.69) is 16.0 Å². The lowest BCUT2D eigenvalue weighted by atomic mass is 9.73. The fraction of sp³-hybridized carbons (Fsp3) is 0.833. The van der Waals surface area contributed by atoms with Crippen LogP contribution in [0.2, 0.25) is 0 Å². The molecule has 0 bridgehead atoms. The molecule has 0 aliphatic carbocycles. The average Bonchev–Trinajstić information content (AvgIpc) is 2.70. The largest absolute Gasteiger partial charge is 0.480 e. The van der Waals surface area contributed by atoms with Crippen molar-refractivity contribution in [2.75, 3.05) is 46.1 Å². The molecule has 0 aromatic carbocycles. The minimum Gasteiger partial charge on any atom is -0.408 e. The van der Waals surface area contributed by atoms with Crippen LogP contribution in [0.25, 0.3) is 0 Å². The van der Waals surface area contributed by atoms with Crippen LogP contribution in [0.3, 0.4) is 0 Å². The van der Waals surface area contributed by atoms with E-state index >= 15 is 0 Å². The van der Waals surface area contributed by atoms with Gasteiger partial charge in [-0.1, -0.05) is 13.8 Å². The van der Waals surface area contributed by atoms with Crippen LogP contribution in [0.15, 0.2) is 0 Å². The molecule has 0 spiro atoms. The summed E-state index contributed by atoms with van der Waals surface area (Å²) >= 11 is 0. The molecule has 2 unspecified atom stereocenters.